The first-order chi connectivity index (χ1) is 13.3. The zero-order chi connectivity index (χ0) is 21.4. The molecule has 0 spiro atoms. The number of alkyl carbamates (subject to hydrolysis) is 3. The summed E-state index contributed by atoms with van der Waals surface area (Å²) < 4.78 is 15.3. The maximum atomic E-state index is 11.9. The molecule has 29 heavy (non-hydrogen) atoms. The molecule has 0 aromatic carbocycles. The molecule has 11 heteroatoms. The molecular formula is C18H37ClN4O6. The van der Waals surface area contributed by atoms with E-state index >= 15 is 0 Å². The predicted molar refractivity (Wildman–Crippen MR) is 112 cm³/mol. The van der Waals surface area contributed by atoms with E-state index in [1.54, 1.807) is 18.7 Å². The summed E-state index contributed by atoms with van der Waals surface area (Å²) >= 11 is 0. The van der Waals surface area contributed by atoms with Crippen molar-refractivity contribution in [1.29, 1.82) is 0 Å². The lowest BCUT2D eigenvalue weighted by Crippen LogP contribution is -2.49. The van der Waals surface area contributed by atoms with E-state index in [2.05, 4.69) is 20.7 Å². The average molecular weight is 441 g/mol. The first kappa shape index (κ1) is 29.3. The molecule has 0 fully saturated rings. The highest BCUT2D eigenvalue weighted by Crippen LogP contribution is 2.09. The zero-order valence-electron chi connectivity index (χ0n) is 18.1. The number of rotatable bonds is 13. The monoisotopic (exact) mass is 440 g/mol. The molecule has 3 N–H and O–H groups in total. The number of ether oxygens (including phenoxy) is 3. The van der Waals surface area contributed by atoms with E-state index in [1.807, 2.05) is 13.8 Å². The molecule has 0 radical (unpaired) electrons. The second kappa shape index (κ2) is 18.1. The van der Waals surface area contributed by atoms with Gasteiger partial charge < -0.3 is 30.2 Å². The Morgan fingerprint density at radius 2 is 1.21 bits per heavy atom. The summed E-state index contributed by atoms with van der Waals surface area (Å²) in [5.74, 6) is 0. The standard InChI is InChI=1S/C18H36N4O6.ClH/c1-6-8-10-19-17(24)27-14(3)22(13-12-21-16(23)26-5)15(4)28-18(25)20-11-9-7-2;/h14-15H,6-13H2,1-5H3,(H,19,24)(H,20,25)(H,21,23);1H. The minimum atomic E-state index is -0.681. The highest BCUT2D eigenvalue weighted by Gasteiger charge is 2.25. The van der Waals surface area contributed by atoms with Crippen LogP contribution >= 0.6 is 12.4 Å². The van der Waals surface area contributed by atoms with Crippen LogP contribution in [0.25, 0.3) is 0 Å². The SMILES string of the molecule is CCCCNC(=O)OC(C)N(CCNC(=O)OC)C(C)OC(=O)NCCCC.Cl. The Hall–Kier alpha value is -1.94. The summed E-state index contributed by atoms with van der Waals surface area (Å²) in [6, 6.07) is 0. The number of nitrogens with one attached hydrogen (secondary N) is 3. The molecule has 2 atom stereocenters. The number of amides is 3. The summed E-state index contributed by atoms with van der Waals surface area (Å²) in [5.41, 5.74) is 0. The molecule has 0 bridgehead atoms. The molecule has 2 unspecified atom stereocenters. The first-order valence-corrected chi connectivity index (χ1v) is 9.82. The van der Waals surface area contributed by atoms with Gasteiger partial charge in [0.05, 0.1) is 7.11 Å². The van der Waals surface area contributed by atoms with Crippen molar-refractivity contribution in [3.05, 3.63) is 0 Å². The van der Waals surface area contributed by atoms with E-state index in [4.69, 9.17) is 9.47 Å². The Labute approximate surface area is 179 Å². The summed E-state index contributed by atoms with van der Waals surface area (Å²) in [7, 11) is 1.27. The molecule has 0 aliphatic rings. The van der Waals surface area contributed by atoms with Crippen molar-refractivity contribution in [1.82, 2.24) is 20.9 Å². The summed E-state index contributed by atoms with van der Waals surface area (Å²) in [6.45, 7) is 8.95. The fourth-order valence-electron chi connectivity index (χ4n) is 2.28. The van der Waals surface area contributed by atoms with Gasteiger partial charge in [-0.3, -0.25) is 0 Å². The number of halogens is 1. The van der Waals surface area contributed by atoms with Crippen LogP contribution < -0.4 is 16.0 Å². The molecule has 0 saturated carbocycles. The van der Waals surface area contributed by atoms with E-state index in [0.29, 0.717) is 13.1 Å². The average Bonchev–Trinajstić information content (AvgIpc) is 2.65. The number of carbonyl (C=O) groups excluding carboxylic acids is 3. The minimum absolute atomic E-state index is 0. The van der Waals surface area contributed by atoms with Crippen LogP contribution in [0, 0.1) is 0 Å². The normalized spacial score (nSPS) is 12.2. The van der Waals surface area contributed by atoms with Crippen molar-refractivity contribution < 1.29 is 28.6 Å². The quantitative estimate of drug-likeness (QED) is 0.229. The second-order valence-corrected chi connectivity index (χ2v) is 6.23. The van der Waals surface area contributed by atoms with Crippen molar-refractivity contribution >= 4 is 30.7 Å². The van der Waals surface area contributed by atoms with Gasteiger partial charge in [-0.1, -0.05) is 26.7 Å². The molecule has 0 heterocycles. The molecule has 0 rings (SSSR count). The number of unbranched alkanes of at least 4 members (excludes halogenated alkanes) is 2. The predicted octanol–water partition coefficient (Wildman–Crippen LogP) is 2.81. The van der Waals surface area contributed by atoms with Gasteiger partial charge in [-0.2, -0.15) is 0 Å². The number of nitrogens with zero attached hydrogens (tertiary/aromatic N) is 1. The van der Waals surface area contributed by atoms with Crippen LogP contribution in [0.15, 0.2) is 0 Å². The van der Waals surface area contributed by atoms with Crippen LogP contribution in [-0.4, -0.2) is 68.9 Å². The Balaban J connectivity index is 0. The van der Waals surface area contributed by atoms with Crippen LogP contribution in [0.3, 0.4) is 0 Å². The van der Waals surface area contributed by atoms with Crippen molar-refractivity contribution in [2.24, 2.45) is 0 Å². The highest BCUT2D eigenvalue weighted by atomic mass is 35.5. The molecule has 172 valence electrons. The van der Waals surface area contributed by atoms with Gasteiger partial charge in [0, 0.05) is 26.2 Å². The summed E-state index contributed by atoms with van der Waals surface area (Å²) in [4.78, 5) is 36.7. The van der Waals surface area contributed by atoms with Gasteiger partial charge in [0.1, 0.15) is 0 Å². The Morgan fingerprint density at radius 3 is 1.59 bits per heavy atom. The smallest absolute Gasteiger partial charge is 0.408 e. The van der Waals surface area contributed by atoms with Crippen LogP contribution in [0.5, 0.6) is 0 Å². The van der Waals surface area contributed by atoms with Crippen molar-refractivity contribution in [3.8, 4) is 0 Å². The fourth-order valence-corrected chi connectivity index (χ4v) is 2.28. The van der Waals surface area contributed by atoms with Crippen molar-refractivity contribution in [2.75, 3.05) is 33.3 Å². The number of carbonyl (C=O) groups is 3. The number of hydrogen-bond donors (Lipinski definition) is 3. The van der Waals surface area contributed by atoms with Gasteiger partial charge >= 0.3 is 18.3 Å². The van der Waals surface area contributed by atoms with Crippen molar-refractivity contribution in [3.63, 3.8) is 0 Å². The maximum absolute atomic E-state index is 11.9. The van der Waals surface area contributed by atoms with Gasteiger partial charge in [-0.25, -0.2) is 19.3 Å². The van der Waals surface area contributed by atoms with Crippen molar-refractivity contribution in [2.45, 2.75) is 65.8 Å². The van der Waals surface area contributed by atoms with E-state index < -0.39 is 30.7 Å². The summed E-state index contributed by atoms with van der Waals surface area (Å²) in [6.07, 6.45) is 0.591. The molecule has 3 amide bonds. The van der Waals surface area contributed by atoms with E-state index in [9.17, 15) is 14.4 Å². The number of methoxy groups -OCH3 is 1. The van der Waals surface area contributed by atoms with E-state index in [-0.39, 0.29) is 25.5 Å². The lowest BCUT2D eigenvalue weighted by Gasteiger charge is -2.33. The topological polar surface area (TPSA) is 118 Å². The van der Waals surface area contributed by atoms with Gasteiger partial charge in [0.15, 0.2) is 12.5 Å². The van der Waals surface area contributed by atoms with Crippen LogP contribution in [-0.2, 0) is 14.2 Å². The largest absolute Gasteiger partial charge is 0.453 e. The van der Waals surface area contributed by atoms with Crippen LogP contribution in [0.2, 0.25) is 0 Å². The molecule has 0 saturated heterocycles. The van der Waals surface area contributed by atoms with Gasteiger partial charge in [-0.15, -0.1) is 12.4 Å². The van der Waals surface area contributed by atoms with E-state index in [1.165, 1.54) is 7.11 Å². The maximum Gasteiger partial charge on any atom is 0.408 e. The van der Waals surface area contributed by atoms with Gasteiger partial charge in [0.25, 0.3) is 0 Å². The Morgan fingerprint density at radius 1 is 0.793 bits per heavy atom. The second-order valence-electron chi connectivity index (χ2n) is 6.23. The van der Waals surface area contributed by atoms with Gasteiger partial charge in [0.2, 0.25) is 0 Å². The Bertz CT molecular complexity index is 440. The Kier molecular flexibility index (Phi) is 18.3. The molecular weight excluding hydrogens is 404 g/mol. The lowest BCUT2D eigenvalue weighted by molar-refractivity contribution is -0.0905. The fraction of sp³-hybridized carbons (Fsp3) is 0.833. The molecule has 0 aromatic heterocycles. The minimum Gasteiger partial charge on any atom is -0.453 e. The van der Waals surface area contributed by atoms with E-state index in [0.717, 1.165) is 25.7 Å². The lowest BCUT2D eigenvalue weighted by atomic mass is 10.3. The van der Waals surface area contributed by atoms with Crippen LogP contribution in [0.4, 0.5) is 14.4 Å². The molecule has 10 nitrogen and oxygen atoms in total. The third kappa shape index (κ3) is 14.7. The molecule has 0 aromatic rings. The third-order valence-corrected chi connectivity index (χ3v) is 3.91. The van der Waals surface area contributed by atoms with Gasteiger partial charge in [-0.05, 0) is 26.7 Å². The molecule has 0 aliphatic heterocycles. The first-order valence-electron chi connectivity index (χ1n) is 9.82. The van der Waals surface area contributed by atoms with Crippen LogP contribution in [0.1, 0.15) is 53.4 Å². The summed E-state index contributed by atoms with van der Waals surface area (Å²) in [5, 5.41) is 7.89. The highest BCUT2D eigenvalue weighted by molar-refractivity contribution is 5.85. The molecule has 0 aliphatic carbocycles. The third-order valence-electron chi connectivity index (χ3n) is 3.91. The number of hydrogen-bond acceptors (Lipinski definition) is 7. The zero-order valence-corrected chi connectivity index (χ0v) is 18.9.